The molecule has 1 aromatic heterocycles. The number of ether oxygens (including phenoxy) is 1. The number of benzene rings is 1. The number of nitrogen functional groups attached to an aromatic ring is 2. The van der Waals surface area contributed by atoms with Crippen LogP contribution in [-0.4, -0.2) is 22.9 Å². The zero-order chi connectivity index (χ0) is 16.8. The first-order valence-corrected chi connectivity index (χ1v) is 7.01. The monoisotopic (exact) mass is 310 g/mol. The lowest BCUT2D eigenvalue weighted by Gasteiger charge is -2.10. The molecule has 118 valence electrons. The SMILES string of the molecule is COc1ccc(C#CCC(C)=O)cc1Cc1cnc(N)nc1N. The van der Waals surface area contributed by atoms with Crippen molar-refractivity contribution in [2.45, 2.75) is 19.8 Å². The number of carbonyl (C=O) groups is 1. The summed E-state index contributed by atoms with van der Waals surface area (Å²) in [5.41, 5.74) is 13.8. The second-order valence-corrected chi connectivity index (χ2v) is 5.02. The van der Waals surface area contributed by atoms with Gasteiger partial charge >= 0.3 is 0 Å². The molecule has 0 atom stereocenters. The van der Waals surface area contributed by atoms with Gasteiger partial charge < -0.3 is 16.2 Å². The van der Waals surface area contributed by atoms with Gasteiger partial charge in [-0.3, -0.25) is 4.79 Å². The van der Waals surface area contributed by atoms with E-state index in [0.29, 0.717) is 12.2 Å². The summed E-state index contributed by atoms with van der Waals surface area (Å²) in [6.07, 6.45) is 2.34. The van der Waals surface area contributed by atoms with Gasteiger partial charge in [-0.1, -0.05) is 11.8 Å². The summed E-state index contributed by atoms with van der Waals surface area (Å²) in [7, 11) is 1.60. The lowest BCUT2D eigenvalue weighted by Crippen LogP contribution is -2.04. The zero-order valence-electron chi connectivity index (χ0n) is 13.1. The van der Waals surface area contributed by atoms with Gasteiger partial charge in [0.05, 0.1) is 13.5 Å². The van der Waals surface area contributed by atoms with Crippen LogP contribution in [0.2, 0.25) is 0 Å². The topological polar surface area (TPSA) is 104 Å². The zero-order valence-corrected chi connectivity index (χ0v) is 13.1. The molecule has 0 aliphatic rings. The average molecular weight is 310 g/mol. The molecule has 0 amide bonds. The quantitative estimate of drug-likeness (QED) is 0.831. The Morgan fingerprint density at radius 1 is 1.30 bits per heavy atom. The maximum absolute atomic E-state index is 10.9. The molecular weight excluding hydrogens is 292 g/mol. The number of hydrogen-bond acceptors (Lipinski definition) is 6. The van der Waals surface area contributed by atoms with Crippen LogP contribution in [0.25, 0.3) is 0 Å². The minimum absolute atomic E-state index is 0.0398. The highest BCUT2D eigenvalue weighted by atomic mass is 16.5. The molecule has 23 heavy (non-hydrogen) atoms. The average Bonchev–Trinajstić information content (AvgIpc) is 2.50. The van der Waals surface area contributed by atoms with Crippen molar-refractivity contribution in [3.63, 3.8) is 0 Å². The van der Waals surface area contributed by atoms with E-state index in [4.69, 9.17) is 16.2 Å². The molecule has 4 N–H and O–H groups in total. The predicted octanol–water partition coefficient (Wildman–Crippen LogP) is 1.57. The van der Waals surface area contributed by atoms with Crippen molar-refractivity contribution < 1.29 is 9.53 Å². The summed E-state index contributed by atoms with van der Waals surface area (Å²) in [6, 6.07) is 5.58. The van der Waals surface area contributed by atoms with Gasteiger partial charge in [0.1, 0.15) is 17.4 Å². The second kappa shape index (κ2) is 7.27. The third-order valence-electron chi connectivity index (χ3n) is 3.15. The molecule has 0 bridgehead atoms. The number of methoxy groups -OCH3 is 1. The van der Waals surface area contributed by atoms with Crippen LogP contribution in [0.15, 0.2) is 24.4 Å². The van der Waals surface area contributed by atoms with Crippen LogP contribution in [0.4, 0.5) is 11.8 Å². The van der Waals surface area contributed by atoms with E-state index >= 15 is 0 Å². The number of anilines is 2. The van der Waals surface area contributed by atoms with Gasteiger partial charge in [0.25, 0.3) is 0 Å². The van der Waals surface area contributed by atoms with Gasteiger partial charge in [-0.2, -0.15) is 4.98 Å². The Bertz CT molecular complexity index is 791. The van der Waals surface area contributed by atoms with Crippen LogP contribution in [-0.2, 0) is 11.2 Å². The van der Waals surface area contributed by atoms with Crippen molar-refractivity contribution in [2.24, 2.45) is 0 Å². The van der Waals surface area contributed by atoms with Gasteiger partial charge in [0.2, 0.25) is 5.95 Å². The molecule has 6 heteroatoms. The van der Waals surface area contributed by atoms with Gasteiger partial charge in [0.15, 0.2) is 0 Å². The van der Waals surface area contributed by atoms with Crippen molar-refractivity contribution in [3.8, 4) is 17.6 Å². The first-order chi connectivity index (χ1) is 11.0. The Morgan fingerprint density at radius 3 is 2.74 bits per heavy atom. The highest BCUT2D eigenvalue weighted by Gasteiger charge is 2.09. The Hall–Kier alpha value is -3.07. The highest BCUT2D eigenvalue weighted by molar-refractivity contribution is 5.78. The summed E-state index contributed by atoms with van der Waals surface area (Å²) in [5, 5.41) is 0. The minimum Gasteiger partial charge on any atom is -0.496 e. The highest BCUT2D eigenvalue weighted by Crippen LogP contribution is 2.24. The number of aromatic nitrogens is 2. The van der Waals surface area contributed by atoms with E-state index < -0.39 is 0 Å². The summed E-state index contributed by atoms with van der Waals surface area (Å²) >= 11 is 0. The fourth-order valence-corrected chi connectivity index (χ4v) is 2.04. The van der Waals surface area contributed by atoms with E-state index in [0.717, 1.165) is 22.4 Å². The number of carbonyl (C=O) groups excluding carboxylic acids is 1. The Labute approximate surface area is 134 Å². The first kappa shape index (κ1) is 16.3. The molecule has 0 saturated carbocycles. The van der Waals surface area contributed by atoms with E-state index in [1.54, 1.807) is 13.3 Å². The minimum atomic E-state index is 0.0398. The smallest absolute Gasteiger partial charge is 0.221 e. The van der Waals surface area contributed by atoms with Crippen molar-refractivity contribution >= 4 is 17.5 Å². The normalized spacial score (nSPS) is 9.83. The summed E-state index contributed by atoms with van der Waals surface area (Å²) in [5.74, 6) is 7.05. The predicted molar refractivity (Wildman–Crippen MR) is 88.8 cm³/mol. The fraction of sp³-hybridized carbons (Fsp3) is 0.235. The summed E-state index contributed by atoms with van der Waals surface area (Å²) < 4.78 is 5.37. The van der Waals surface area contributed by atoms with Gasteiger partial charge in [-0.15, -0.1) is 0 Å². The molecule has 0 aliphatic carbocycles. The largest absolute Gasteiger partial charge is 0.496 e. The second-order valence-electron chi connectivity index (χ2n) is 5.02. The number of nitrogens with two attached hydrogens (primary N) is 2. The van der Waals surface area contributed by atoms with E-state index in [1.165, 1.54) is 6.92 Å². The number of hydrogen-bond donors (Lipinski definition) is 2. The molecule has 6 nitrogen and oxygen atoms in total. The molecule has 0 spiro atoms. The number of nitrogens with zero attached hydrogens (tertiary/aromatic N) is 2. The molecule has 0 radical (unpaired) electrons. The van der Waals surface area contributed by atoms with E-state index in [1.807, 2.05) is 18.2 Å². The maximum Gasteiger partial charge on any atom is 0.221 e. The van der Waals surface area contributed by atoms with Crippen molar-refractivity contribution in [1.82, 2.24) is 9.97 Å². The Kier molecular flexibility index (Phi) is 5.15. The third-order valence-corrected chi connectivity index (χ3v) is 3.15. The molecular formula is C17H18N4O2. The number of ketones is 1. The molecule has 2 aromatic rings. The van der Waals surface area contributed by atoms with Crippen molar-refractivity contribution in [3.05, 3.63) is 41.1 Å². The van der Waals surface area contributed by atoms with Gasteiger partial charge in [-0.25, -0.2) is 4.98 Å². The Balaban J connectivity index is 2.31. The third kappa shape index (κ3) is 4.45. The van der Waals surface area contributed by atoms with Gasteiger partial charge in [0, 0.05) is 23.7 Å². The summed E-state index contributed by atoms with van der Waals surface area (Å²) in [6.45, 7) is 1.51. The van der Waals surface area contributed by atoms with Crippen LogP contribution < -0.4 is 16.2 Å². The van der Waals surface area contributed by atoms with Crippen LogP contribution in [0.3, 0.4) is 0 Å². The van der Waals surface area contributed by atoms with E-state index in [-0.39, 0.29) is 18.2 Å². The van der Waals surface area contributed by atoms with Crippen molar-refractivity contribution in [1.29, 1.82) is 0 Å². The fourth-order valence-electron chi connectivity index (χ4n) is 2.04. The molecule has 0 unspecified atom stereocenters. The van der Waals surface area contributed by atoms with E-state index in [9.17, 15) is 4.79 Å². The number of rotatable bonds is 4. The molecule has 0 fully saturated rings. The molecule has 0 aliphatic heterocycles. The lowest BCUT2D eigenvalue weighted by molar-refractivity contribution is -0.116. The van der Waals surface area contributed by atoms with Crippen LogP contribution in [0.1, 0.15) is 30.0 Å². The standard InChI is InChI=1S/C17H18N4O2/c1-11(22)4-3-5-12-6-7-15(23-2)13(8-12)9-14-10-20-17(19)21-16(14)18/h6-8,10H,4,9H2,1-2H3,(H4,18,19,20,21). The lowest BCUT2D eigenvalue weighted by atomic mass is 10.0. The summed E-state index contributed by atoms with van der Waals surface area (Å²) in [4.78, 5) is 18.9. The number of Topliss-reactive ketones (excluding diaryl/α,β-unsaturated/α-hetero) is 1. The molecule has 0 saturated heterocycles. The van der Waals surface area contributed by atoms with Crippen LogP contribution >= 0.6 is 0 Å². The molecule has 2 rings (SSSR count). The van der Waals surface area contributed by atoms with Crippen LogP contribution in [0, 0.1) is 11.8 Å². The van der Waals surface area contributed by atoms with E-state index in [2.05, 4.69) is 21.8 Å². The van der Waals surface area contributed by atoms with Gasteiger partial charge in [-0.05, 0) is 30.7 Å². The molecule has 1 aromatic carbocycles. The van der Waals surface area contributed by atoms with Crippen molar-refractivity contribution in [2.75, 3.05) is 18.6 Å². The maximum atomic E-state index is 10.9. The first-order valence-electron chi connectivity index (χ1n) is 7.01. The van der Waals surface area contributed by atoms with Crippen LogP contribution in [0.5, 0.6) is 5.75 Å². The Morgan fingerprint density at radius 2 is 2.09 bits per heavy atom. The molecule has 1 heterocycles.